The third kappa shape index (κ3) is 3.05. The maximum absolute atomic E-state index is 9.36. The summed E-state index contributed by atoms with van der Waals surface area (Å²) in [5, 5.41) is 18.0. The summed E-state index contributed by atoms with van der Waals surface area (Å²) in [6, 6.07) is 9.48. The zero-order valence-corrected chi connectivity index (χ0v) is 11.8. The Balaban J connectivity index is 2.42. The zero-order chi connectivity index (χ0) is 14.7. The molecule has 0 aliphatic carbocycles. The minimum atomic E-state index is -0.342. The lowest BCUT2D eigenvalue weighted by molar-refractivity contribution is 0.187. The Morgan fingerprint density at radius 1 is 1.45 bits per heavy atom. The van der Waals surface area contributed by atoms with Crippen LogP contribution in [0.25, 0.3) is 10.9 Å². The van der Waals surface area contributed by atoms with Gasteiger partial charge in [0.1, 0.15) is 11.7 Å². The fourth-order valence-corrected chi connectivity index (χ4v) is 2.07. The van der Waals surface area contributed by atoms with Crippen LogP contribution in [-0.4, -0.2) is 35.6 Å². The van der Waals surface area contributed by atoms with Gasteiger partial charge in [-0.05, 0) is 25.5 Å². The lowest BCUT2D eigenvalue weighted by atomic mass is 10.1. The van der Waals surface area contributed by atoms with E-state index in [2.05, 4.69) is 4.98 Å². The fraction of sp³-hybridized carbons (Fsp3) is 0.333. The number of hydrogen-bond donors (Lipinski definition) is 3. The lowest BCUT2D eigenvalue weighted by Gasteiger charge is -2.20. The molecule has 2 aromatic rings. The number of anilines is 1. The number of rotatable bonds is 5. The van der Waals surface area contributed by atoms with Gasteiger partial charge in [-0.15, -0.1) is 0 Å². The molecule has 20 heavy (non-hydrogen) atoms. The third-order valence-electron chi connectivity index (χ3n) is 3.27. The predicted molar refractivity (Wildman–Crippen MR) is 82.3 cm³/mol. The quantitative estimate of drug-likeness (QED) is 0.571. The second kappa shape index (κ2) is 5.88. The number of fused-ring (bicyclic) bond motifs is 1. The number of nitrogen functional groups attached to an aromatic ring is 1. The first kappa shape index (κ1) is 14.3. The average Bonchev–Trinajstić information content (AvgIpc) is 2.43. The van der Waals surface area contributed by atoms with Gasteiger partial charge >= 0.3 is 0 Å². The van der Waals surface area contributed by atoms with Crippen LogP contribution in [-0.2, 0) is 0 Å². The highest BCUT2D eigenvalue weighted by Gasteiger charge is 2.11. The Bertz CT molecular complexity index is 624. The lowest BCUT2D eigenvalue weighted by Crippen LogP contribution is -2.23. The van der Waals surface area contributed by atoms with Crippen molar-refractivity contribution in [1.29, 1.82) is 5.41 Å². The Morgan fingerprint density at radius 3 is 2.80 bits per heavy atom. The molecule has 0 aliphatic rings. The standard InChI is InChI=1S/C15H20N4O/c1-10(20)7-8-19(2)14-9-12(15(16)17)11-5-3-4-6-13(11)18-14/h3-6,9-10,20H,7-8H2,1-2H3,(H3,16,17). The topological polar surface area (TPSA) is 86.2 Å². The van der Waals surface area contributed by atoms with E-state index >= 15 is 0 Å². The van der Waals surface area contributed by atoms with Crippen molar-refractivity contribution in [2.24, 2.45) is 5.73 Å². The van der Waals surface area contributed by atoms with Gasteiger partial charge in [0.2, 0.25) is 0 Å². The van der Waals surface area contributed by atoms with E-state index in [1.165, 1.54) is 0 Å². The van der Waals surface area contributed by atoms with Crippen LogP contribution in [0.3, 0.4) is 0 Å². The van der Waals surface area contributed by atoms with Gasteiger partial charge in [0.25, 0.3) is 0 Å². The van der Waals surface area contributed by atoms with E-state index in [-0.39, 0.29) is 11.9 Å². The maximum Gasteiger partial charge on any atom is 0.129 e. The maximum atomic E-state index is 9.36. The highest BCUT2D eigenvalue weighted by molar-refractivity contribution is 6.07. The van der Waals surface area contributed by atoms with Crippen LogP contribution in [0.2, 0.25) is 0 Å². The summed E-state index contributed by atoms with van der Waals surface area (Å²) < 4.78 is 0. The molecular formula is C15H20N4O. The molecular weight excluding hydrogens is 252 g/mol. The molecule has 1 aromatic heterocycles. The van der Waals surface area contributed by atoms with Crippen LogP contribution < -0.4 is 10.6 Å². The second-order valence-corrected chi connectivity index (χ2v) is 5.02. The normalized spacial score (nSPS) is 12.3. The van der Waals surface area contributed by atoms with E-state index in [9.17, 15) is 5.11 Å². The highest BCUT2D eigenvalue weighted by atomic mass is 16.3. The van der Waals surface area contributed by atoms with Gasteiger partial charge in [-0.25, -0.2) is 4.98 Å². The largest absolute Gasteiger partial charge is 0.393 e. The van der Waals surface area contributed by atoms with Crippen molar-refractivity contribution < 1.29 is 5.11 Å². The van der Waals surface area contributed by atoms with E-state index in [1.807, 2.05) is 42.3 Å². The Morgan fingerprint density at radius 2 is 2.15 bits per heavy atom. The van der Waals surface area contributed by atoms with E-state index in [4.69, 9.17) is 11.1 Å². The molecule has 2 rings (SSSR count). The number of benzene rings is 1. The molecule has 0 saturated carbocycles. The van der Waals surface area contributed by atoms with Crippen LogP contribution in [0.4, 0.5) is 5.82 Å². The number of hydrogen-bond acceptors (Lipinski definition) is 4. The summed E-state index contributed by atoms with van der Waals surface area (Å²) in [5.41, 5.74) is 7.18. The highest BCUT2D eigenvalue weighted by Crippen LogP contribution is 2.22. The summed E-state index contributed by atoms with van der Waals surface area (Å²) in [7, 11) is 1.92. The van der Waals surface area contributed by atoms with E-state index in [0.717, 1.165) is 16.7 Å². The van der Waals surface area contributed by atoms with Gasteiger partial charge in [-0.3, -0.25) is 5.41 Å². The zero-order valence-electron chi connectivity index (χ0n) is 11.8. The van der Waals surface area contributed by atoms with Crippen molar-refractivity contribution in [1.82, 2.24) is 4.98 Å². The van der Waals surface area contributed by atoms with Gasteiger partial charge in [-0.2, -0.15) is 0 Å². The summed E-state index contributed by atoms with van der Waals surface area (Å²) in [5.74, 6) is 0.795. The molecule has 1 heterocycles. The number of aromatic nitrogens is 1. The van der Waals surface area contributed by atoms with E-state index in [0.29, 0.717) is 18.5 Å². The van der Waals surface area contributed by atoms with Crippen LogP contribution in [0.1, 0.15) is 18.9 Å². The SMILES string of the molecule is CC(O)CCN(C)c1cc(C(=N)N)c2ccccc2n1. The monoisotopic (exact) mass is 272 g/mol. The molecule has 4 N–H and O–H groups in total. The summed E-state index contributed by atoms with van der Waals surface area (Å²) in [4.78, 5) is 6.55. The van der Waals surface area contributed by atoms with E-state index < -0.39 is 0 Å². The second-order valence-electron chi connectivity index (χ2n) is 5.02. The summed E-state index contributed by atoms with van der Waals surface area (Å²) in [6.45, 7) is 2.46. The van der Waals surface area contributed by atoms with Crippen molar-refractivity contribution in [2.75, 3.05) is 18.5 Å². The first-order valence-electron chi connectivity index (χ1n) is 6.62. The van der Waals surface area contributed by atoms with Crippen LogP contribution in [0.15, 0.2) is 30.3 Å². The van der Waals surface area contributed by atoms with Gasteiger partial charge in [0, 0.05) is 24.5 Å². The Kier molecular flexibility index (Phi) is 4.20. The number of aliphatic hydroxyl groups excluding tert-OH is 1. The smallest absolute Gasteiger partial charge is 0.129 e. The number of amidine groups is 1. The van der Waals surface area contributed by atoms with Gasteiger partial charge in [0.05, 0.1) is 11.6 Å². The van der Waals surface area contributed by atoms with Crippen molar-refractivity contribution in [3.63, 3.8) is 0 Å². The van der Waals surface area contributed by atoms with Gasteiger partial charge in [-0.1, -0.05) is 18.2 Å². The van der Waals surface area contributed by atoms with Crippen molar-refractivity contribution >= 4 is 22.6 Å². The number of aliphatic hydroxyl groups is 1. The molecule has 0 radical (unpaired) electrons. The average molecular weight is 272 g/mol. The van der Waals surface area contributed by atoms with Gasteiger partial charge < -0.3 is 15.7 Å². The Hall–Kier alpha value is -2.14. The summed E-state index contributed by atoms with van der Waals surface area (Å²) in [6.07, 6.45) is 0.325. The third-order valence-corrected chi connectivity index (χ3v) is 3.27. The first-order valence-corrected chi connectivity index (χ1v) is 6.62. The molecule has 0 amide bonds. The number of pyridine rings is 1. The van der Waals surface area contributed by atoms with Crippen molar-refractivity contribution in [2.45, 2.75) is 19.4 Å². The van der Waals surface area contributed by atoms with Crippen molar-refractivity contribution in [3.05, 3.63) is 35.9 Å². The van der Waals surface area contributed by atoms with Gasteiger partial charge in [0.15, 0.2) is 0 Å². The molecule has 5 heteroatoms. The number of nitrogens with two attached hydrogens (primary N) is 1. The van der Waals surface area contributed by atoms with E-state index in [1.54, 1.807) is 6.92 Å². The minimum absolute atomic E-state index is 0.0359. The molecule has 5 nitrogen and oxygen atoms in total. The minimum Gasteiger partial charge on any atom is -0.393 e. The molecule has 106 valence electrons. The molecule has 0 saturated heterocycles. The first-order chi connectivity index (χ1) is 9.49. The number of nitrogens with one attached hydrogen (secondary N) is 1. The molecule has 0 bridgehead atoms. The molecule has 0 spiro atoms. The van der Waals surface area contributed by atoms with Crippen molar-refractivity contribution in [3.8, 4) is 0 Å². The van der Waals surface area contributed by atoms with Crippen LogP contribution in [0.5, 0.6) is 0 Å². The summed E-state index contributed by atoms with van der Waals surface area (Å²) >= 11 is 0. The molecule has 0 aliphatic heterocycles. The molecule has 1 unspecified atom stereocenters. The fourth-order valence-electron chi connectivity index (χ4n) is 2.07. The molecule has 1 atom stereocenters. The van der Waals surface area contributed by atoms with Crippen LogP contribution >= 0.6 is 0 Å². The molecule has 1 aromatic carbocycles. The molecule has 0 fully saturated rings. The Labute approximate surface area is 118 Å². The number of para-hydroxylation sites is 1. The van der Waals surface area contributed by atoms with Crippen LogP contribution in [0, 0.1) is 5.41 Å². The predicted octanol–water partition coefficient (Wildman–Crippen LogP) is 1.73. The number of nitrogens with zero attached hydrogens (tertiary/aromatic N) is 2.